The molecule has 0 unspecified atom stereocenters. The normalized spacial score (nSPS) is 17.5. The van der Waals surface area contributed by atoms with Crippen LogP contribution in [0.2, 0.25) is 5.02 Å². The topological polar surface area (TPSA) is 104 Å². The van der Waals surface area contributed by atoms with E-state index in [-0.39, 0.29) is 10.8 Å². The van der Waals surface area contributed by atoms with Crippen LogP contribution in [0.3, 0.4) is 0 Å². The SMILES string of the molecule is Cc1n[nH]c(C)c1S(=O)(=O)N1CC[C@@H](c2cc(CCOc3ccccc3Cl)[nH]n2)C1. The molecule has 0 aliphatic carbocycles. The van der Waals surface area contributed by atoms with E-state index in [1.54, 1.807) is 19.9 Å². The van der Waals surface area contributed by atoms with Crippen molar-refractivity contribution >= 4 is 21.6 Å². The fourth-order valence-corrected chi connectivity index (χ4v) is 5.81. The van der Waals surface area contributed by atoms with Gasteiger partial charge in [-0.25, -0.2) is 8.42 Å². The van der Waals surface area contributed by atoms with Crippen LogP contribution in [0.5, 0.6) is 5.75 Å². The zero-order valence-corrected chi connectivity index (χ0v) is 18.4. The Morgan fingerprint density at radius 3 is 2.77 bits per heavy atom. The van der Waals surface area contributed by atoms with Gasteiger partial charge in [-0.15, -0.1) is 0 Å². The van der Waals surface area contributed by atoms with E-state index < -0.39 is 10.0 Å². The molecule has 0 radical (unpaired) electrons. The van der Waals surface area contributed by atoms with Gasteiger partial charge < -0.3 is 4.74 Å². The number of ether oxygens (including phenoxy) is 1. The standard InChI is InChI=1S/C20H24ClN5O3S/c1-13-20(14(2)23-22-13)30(27,28)26-9-7-15(12-26)18-11-16(24-25-18)8-10-29-19-6-4-3-5-17(19)21/h3-6,11,15H,7-10,12H2,1-2H3,(H,22,23)(H,24,25)/t15-/m1/s1. The Balaban J connectivity index is 1.37. The van der Waals surface area contributed by atoms with Crippen molar-refractivity contribution in [3.05, 3.63) is 58.1 Å². The zero-order valence-electron chi connectivity index (χ0n) is 16.9. The first kappa shape index (κ1) is 20.9. The summed E-state index contributed by atoms with van der Waals surface area (Å²) >= 11 is 6.10. The number of halogens is 1. The van der Waals surface area contributed by atoms with Gasteiger partial charge in [0.1, 0.15) is 10.6 Å². The fourth-order valence-electron chi connectivity index (χ4n) is 3.79. The van der Waals surface area contributed by atoms with Crippen molar-refractivity contribution in [2.24, 2.45) is 0 Å². The van der Waals surface area contributed by atoms with Crippen molar-refractivity contribution in [2.75, 3.05) is 19.7 Å². The van der Waals surface area contributed by atoms with Crippen LogP contribution in [0.1, 0.15) is 35.1 Å². The van der Waals surface area contributed by atoms with E-state index in [2.05, 4.69) is 20.4 Å². The smallest absolute Gasteiger partial charge is 0.246 e. The van der Waals surface area contributed by atoms with E-state index in [9.17, 15) is 8.42 Å². The first-order chi connectivity index (χ1) is 14.4. The summed E-state index contributed by atoms with van der Waals surface area (Å²) in [4.78, 5) is 0.280. The number of aryl methyl sites for hydroxylation is 2. The molecule has 160 valence electrons. The molecule has 2 aromatic heterocycles. The minimum atomic E-state index is -3.57. The van der Waals surface area contributed by atoms with Gasteiger partial charge in [-0.2, -0.15) is 14.5 Å². The molecular weight excluding hydrogens is 426 g/mol. The van der Waals surface area contributed by atoms with Crippen LogP contribution in [-0.2, 0) is 16.4 Å². The largest absolute Gasteiger partial charge is 0.492 e. The molecule has 0 saturated carbocycles. The number of aromatic amines is 2. The summed E-state index contributed by atoms with van der Waals surface area (Å²) in [6.45, 7) is 4.77. The van der Waals surface area contributed by atoms with Crippen LogP contribution in [-0.4, -0.2) is 52.8 Å². The van der Waals surface area contributed by atoms with E-state index in [1.807, 2.05) is 24.3 Å². The van der Waals surface area contributed by atoms with Crippen molar-refractivity contribution < 1.29 is 13.2 Å². The lowest BCUT2D eigenvalue weighted by atomic mass is 10.0. The molecule has 1 aliphatic rings. The highest BCUT2D eigenvalue weighted by atomic mass is 35.5. The molecule has 0 bridgehead atoms. The molecule has 8 nitrogen and oxygen atoms in total. The number of nitrogens with zero attached hydrogens (tertiary/aromatic N) is 3. The fraction of sp³-hybridized carbons (Fsp3) is 0.400. The molecule has 3 heterocycles. The molecule has 1 aromatic carbocycles. The highest BCUT2D eigenvalue weighted by molar-refractivity contribution is 7.89. The molecule has 1 atom stereocenters. The number of para-hydroxylation sites is 1. The van der Waals surface area contributed by atoms with E-state index in [0.717, 1.165) is 17.8 Å². The summed E-state index contributed by atoms with van der Waals surface area (Å²) in [5.74, 6) is 0.710. The Hall–Kier alpha value is -2.36. The van der Waals surface area contributed by atoms with Crippen molar-refractivity contribution in [1.29, 1.82) is 0 Å². The van der Waals surface area contributed by atoms with E-state index in [4.69, 9.17) is 16.3 Å². The number of aromatic nitrogens is 4. The van der Waals surface area contributed by atoms with Gasteiger partial charge in [0.25, 0.3) is 0 Å². The lowest BCUT2D eigenvalue weighted by Gasteiger charge is -2.16. The second-order valence-electron chi connectivity index (χ2n) is 7.46. The van der Waals surface area contributed by atoms with Crippen molar-refractivity contribution in [1.82, 2.24) is 24.7 Å². The minimum absolute atomic E-state index is 0.0572. The van der Waals surface area contributed by atoms with Crippen molar-refractivity contribution in [3.8, 4) is 5.75 Å². The van der Waals surface area contributed by atoms with E-state index in [1.165, 1.54) is 4.31 Å². The molecule has 30 heavy (non-hydrogen) atoms. The van der Waals surface area contributed by atoms with Crippen LogP contribution in [0.25, 0.3) is 0 Å². The predicted molar refractivity (Wildman–Crippen MR) is 113 cm³/mol. The minimum Gasteiger partial charge on any atom is -0.492 e. The lowest BCUT2D eigenvalue weighted by Crippen LogP contribution is -2.29. The molecule has 0 spiro atoms. The van der Waals surface area contributed by atoms with Crippen LogP contribution in [0, 0.1) is 13.8 Å². The van der Waals surface area contributed by atoms with Gasteiger partial charge in [-0.05, 0) is 38.5 Å². The summed E-state index contributed by atoms with van der Waals surface area (Å²) in [6.07, 6.45) is 1.38. The monoisotopic (exact) mass is 449 g/mol. The summed E-state index contributed by atoms with van der Waals surface area (Å²) < 4.78 is 33.3. The Kier molecular flexibility index (Phi) is 5.86. The van der Waals surface area contributed by atoms with E-state index in [0.29, 0.717) is 48.3 Å². The van der Waals surface area contributed by atoms with Gasteiger partial charge in [0, 0.05) is 31.1 Å². The third-order valence-corrected chi connectivity index (χ3v) is 7.79. The molecule has 0 amide bonds. The molecule has 4 rings (SSSR count). The second-order valence-corrected chi connectivity index (χ2v) is 9.74. The number of rotatable bonds is 7. The molecule has 10 heteroatoms. The number of sulfonamides is 1. The van der Waals surface area contributed by atoms with Crippen molar-refractivity contribution in [3.63, 3.8) is 0 Å². The lowest BCUT2D eigenvalue weighted by molar-refractivity contribution is 0.320. The summed E-state index contributed by atoms with van der Waals surface area (Å²) in [7, 11) is -3.57. The Morgan fingerprint density at radius 2 is 2.03 bits per heavy atom. The van der Waals surface area contributed by atoms with Gasteiger partial charge in [-0.3, -0.25) is 10.2 Å². The zero-order chi connectivity index (χ0) is 21.3. The maximum absolute atomic E-state index is 13.0. The van der Waals surface area contributed by atoms with Crippen LogP contribution < -0.4 is 4.74 Å². The number of H-pyrrole nitrogens is 2. The van der Waals surface area contributed by atoms with Crippen LogP contribution in [0.4, 0.5) is 0 Å². The number of hydrogen-bond donors (Lipinski definition) is 2. The summed E-state index contributed by atoms with van der Waals surface area (Å²) in [5, 5.41) is 14.8. The third-order valence-electron chi connectivity index (χ3n) is 5.34. The van der Waals surface area contributed by atoms with Gasteiger partial charge in [0.15, 0.2) is 0 Å². The number of benzene rings is 1. The number of nitrogens with one attached hydrogen (secondary N) is 2. The number of hydrogen-bond acceptors (Lipinski definition) is 5. The highest BCUT2D eigenvalue weighted by Gasteiger charge is 2.36. The van der Waals surface area contributed by atoms with Gasteiger partial charge in [0.2, 0.25) is 10.0 Å². The average Bonchev–Trinajstić information content (AvgIpc) is 3.43. The summed E-state index contributed by atoms with van der Waals surface area (Å²) in [6, 6.07) is 9.35. The molecular formula is C20H24ClN5O3S. The Labute approximate surface area is 180 Å². The van der Waals surface area contributed by atoms with Gasteiger partial charge >= 0.3 is 0 Å². The van der Waals surface area contributed by atoms with E-state index >= 15 is 0 Å². The molecule has 1 fully saturated rings. The van der Waals surface area contributed by atoms with Crippen molar-refractivity contribution in [2.45, 2.75) is 37.5 Å². The maximum atomic E-state index is 13.0. The first-order valence-electron chi connectivity index (χ1n) is 9.79. The predicted octanol–water partition coefficient (Wildman–Crippen LogP) is 3.20. The average molecular weight is 450 g/mol. The third kappa shape index (κ3) is 4.10. The Bertz CT molecular complexity index is 1120. The molecule has 1 saturated heterocycles. The quantitative estimate of drug-likeness (QED) is 0.576. The van der Waals surface area contributed by atoms with Gasteiger partial charge in [-0.1, -0.05) is 23.7 Å². The van der Waals surface area contributed by atoms with Crippen LogP contribution >= 0.6 is 11.6 Å². The summed E-state index contributed by atoms with van der Waals surface area (Å²) in [5.41, 5.74) is 2.88. The van der Waals surface area contributed by atoms with Crippen LogP contribution in [0.15, 0.2) is 35.2 Å². The Morgan fingerprint density at radius 1 is 1.23 bits per heavy atom. The highest BCUT2D eigenvalue weighted by Crippen LogP contribution is 2.32. The first-order valence-corrected chi connectivity index (χ1v) is 11.6. The molecule has 2 N–H and O–H groups in total. The molecule has 1 aliphatic heterocycles. The van der Waals surface area contributed by atoms with Gasteiger partial charge in [0.05, 0.1) is 28.7 Å². The molecule has 3 aromatic rings. The maximum Gasteiger partial charge on any atom is 0.246 e. The second kappa shape index (κ2) is 8.41.